The second-order valence-corrected chi connectivity index (χ2v) is 7.93. The fourth-order valence-electron chi connectivity index (χ4n) is 3.80. The Morgan fingerprint density at radius 2 is 1.70 bits per heavy atom. The lowest BCUT2D eigenvalue weighted by Crippen LogP contribution is -2.57. The van der Waals surface area contributed by atoms with Crippen LogP contribution in [0.15, 0.2) is 18.2 Å². The predicted molar refractivity (Wildman–Crippen MR) is 108 cm³/mol. The molecule has 6 heteroatoms. The smallest absolute Gasteiger partial charge is 0.243 e. The van der Waals surface area contributed by atoms with Crippen LogP contribution in [0.5, 0.6) is 0 Å². The number of morpholine rings is 1. The largest absolute Gasteiger partial charge is 0.373 e. The Balaban J connectivity index is 1.96. The third kappa shape index (κ3) is 5.78. The van der Waals surface area contributed by atoms with Crippen molar-refractivity contribution in [3.63, 3.8) is 0 Å². The summed E-state index contributed by atoms with van der Waals surface area (Å²) in [6, 6.07) is 5.60. The number of amides is 2. The lowest BCUT2D eigenvalue weighted by Gasteiger charge is -2.40. The number of carbonyl (C=O) groups is 2. The van der Waals surface area contributed by atoms with Gasteiger partial charge in [0.25, 0.3) is 0 Å². The van der Waals surface area contributed by atoms with E-state index in [-0.39, 0.29) is 42.5 Å². The van der Waals surface area contributed by atoms with E-state index in [1.807, 2.05) is 59.7 Å². The van der Waals surface area contributed by atoms with E-state index in [4.69, 9.17) is 4.74 Å². The minimum atomic E-state index is -0.271. The number of hydrogen-bond acceptors (Lipinski definition) is 4. The second kappa shape index (κ2) is 9.33. The van der Waals surface area contributed by atoms with Crippen molar-refractivity contribution in [2.24, 2.45) is 5.92 Å². The molecule has 0 bridgehead atoms. The van der Waals surface area contributed by atoms with Gasteiger partial charge in [-0.25, -0.2) is 0 Å². The average Bonchev–Trinajstić information content (AvgIpc) is 2.55. The Morgan fingerprint density at radius 1 is 1.15 bits per heavy atom. The summed E-state index contributed by atoms with van der Waals surface area (Å²) < 4.78 is 5.78. The van der Waals surface area contributed by atoms with E-state index in [0.29, 0.717) is 0 Å². The van der Waals surface area contributed by atoms with E-state index >= 15 is 0 Å². The highest BCUT2D eigenvalue weighted by Gasteiger charge is 2.34. The number of para-hydroxylation sites is 1. The molecule has 6 nitrogen and oxygen atoms in total. The van der Waals surface area contributed by atoms with E-state index < -0.39 is 0 Å². The van der Waals surface area contributed by atoms with Crippen LogP contribution in [-0.2, 0) is 14.3 Å². The first kappa shape index (κ1) is 21.4. The second-order valence-electron chi connectivity index (χ2n) is 7.93. The van der Waals surface area contributed by atoms with Crippen molar-refractivity contribution >= 4 is 17.5 Å². The zero-order valence-corrected chi connectivity index (χ0v) is 17.3. The topological polar surface area (TPSA) is 70.7 Å². The first-order chi connectivity index (χ1) is 12.7. The molecule has 0 unspecified atom stereocenters. The van der Waals surface area contributed by atoms with Crippen molar-refractivity contribution in [3.8, 4) is 0 Å². The monoisotopic (exact) mass is 375 g/mol. The van der Waals surface area contributed by atoms with Crippen LogP contribution in [0.25, 0.3) is 0 Å². The highest BCUT2D eigenvalue weighted by Crippen LogP contribution is 2.20. The number of ether oxygens (including phenoxy) is 1. The number of nitrogens with zero attached hydrogens (tertiary/aromatic N) is 1. The molecule has 2 rings (SSSR count). The molecule has 1 aliphatic rings. The maximum absolute atomic E-state index is 12.8. The summed E-state index contributed by atoms with van der Waals surface area (Å²) in [4.78, 5) is 27.3. The molecular weight excluding hydrogens is 342 g/mol. The molecular formula is C21H33N3O3. The minimum absolute atomic E-state index is 0.0364. The van der Waals surface area contributed by atoms with Gasteiger partial charge in [0.1, 0.15) is 0 Å². The fraction of sp³-hybridized carbons (Fsp3) is 0.619. The summed E-state index contributed by atoms with van der Waals surface area (Å²) in [5.74, 6) is -0.181. The van der Waals surface area contributed by atoms with Crippen molar-refractivity contribution in [2.75, 3.05) is 25.0 Å². The van der Waals surface area contributed by atoms with Gasteiger partial charge in [-0.2, -0.15) is 0 Å². The summed E-state index contributed by atoms with van der Waals surface area (Å²) in [5.41, 5.74) is 2.82. The normalized spacial score (nSPS) is 21.7. The summed E-state index contributed by atoms with van der Waals surface area (Å²) in [7, 11) is 0. The SMILES string of the molecule is Cc1cccc(C)c1NC(=O)CNC(=O)[C@@H](C(C)C)N1C[C@@H](C)O[C@@H](C)C1. The zero-order chi connectivity index (χ0) is 20.1. The average molecular weight is 376 g/mol. The molecule has 0 aliphatic carbocycles. The van der Waals surface area contributed by atoms with Gasteiger partial charge in [0.15, 0.2) is 0 Å². The Kier molecular flexibility index (Phi) is 7.39. The van der Waals surface area contributed by atoms with E-state index in [1.54, 1.807) is 0 Å². The zero-order valence-electron chi connectivity index (χ0n) is 17.3. The summed E-state index contributed by atoms with van der Waals surface area (Å²) in [6.07, 6.45) is 0.185. The molecule has 1 saturated heterocycles. The van der Waals surface area contributed by atoms with Crippen LogP contribution in [0.2, 0.25) is 0 Å². The summed E-state index contributed by atoms with van der Waals surface area (Å²) in [5, 5.41) is 5.72. The number of anilines is 1. The number of rotatable bonds is 6. The molecule has 1 aliphatic heterocycles. The van der Waals surface area contributed by atoms with Gasteiger partial charge in [0.05, 0.1) is 24.8 Å². The Labute approximate surface area is 162 Å². The molecule has 3 atom stereocenters. The van der Waals surface area contributed by atoms with Gasteiger partial charge in [-0.1, -0.05) is 32.0 Å². The number of carbonyl (C=O) groups excluding carboxylic acids is 2. The Morgan fingerprint density at radius 3 is 2.22 bits per heavy atom. The van der Waals surface area contributed by atoms with Crippen LogP contribution in [0.1, 0.15) is 38.8 Å². The first-order valence-electron chi connectivity index (χ1n) is 9.72. The summed E-state index contributed by atoms with van der Waals surface area (Å²) >= 11 is 0. The molecule has 1 aromatic carbocycles. The van der Waals surface area contributed by atoms with Crippen LogP contribution in [0, 0.1) is 19.8 Å². The Bertz CT molecular complexity index is 644. The third-order valence-electron chi connectivity index (χ3n) is 4.91. The van der Waals surface area contributed by atoms with Crippen molar-refractivity contribution < 1.29 is 14.3 Å². The lowest BCUT2D eigenvalue weighted by atomic mass is 9.99. The van der Waals surface area contributed by atoms with E-state index in [2.05, 4.69) is 15.5 Å². The first-order valence-corrected chi connectivity index (χ1v) is 9.72. The van der Waals surface area contributed by atoms with Crippen LogP contribution in [0.3, 0.4) is 0 Å². The molecule has 0 radical (unpaired) electrons. The number of nitrogens with one attached hydrogen (secondary N) is 2. The molecule has 2 N–H and O–H groups in total. The lowest BCUT2D eigenvalue weighted by molar-refractivity contribution is -0.136. The molecule has 0 spiro atoms. The van der Waals surface area contributed by atoms with E-state index in [1.165, 1.54) is 0 Å². The number of aryl methyl sites for hydroxylation is 2. The van der Waals surface area contributed by atoms with Crippen molar-refractivity contribution in [1.29, 1.82) is 0 Å². The maximum Gasteiger partial charge on any atom is 0.243 e. The quantitative estimate of drug-likeness (QED) is 0.801. The van der Waals surface area contributed by atoms with Gasteiger partial charge < -0.3 is 15.4 Å². The molecule has 27 heavy (non-hydrogen) atoms. The molecule has 2 amide bonds. The van der Waals surface area contributed by atoms with Gasteiger partial charge in [-0.15, -0.1) is 0 Å². The standard InChI is InChI=1S/C21H33N3O3/c1-13(2)20(24-11-16(5)27-17(6)12-24)21(26)22-10-18(25)23-19-14(3)8-7-9-15(19)4/h7-9,13,16-17,20H,10-12H2,1-6H3,(H,22,26)(H,23,25)/t16-,17+,20-/m1/s1. The molecule has 0 saturated carbocycles. The van der Waals surface area contributed by atoms with E-state index in [9.17, 15) is 9.59 Å². The fourth-order valence-corrected chi connectivity index (χ4v) is 3.80. The third-order valence-corrected chi connectivity index (χ3v) is 4.91. The highest BCUT2D eigenvalue weighted by atomic mass is 16.5. The van der Waals surface area contributed by atoms with Crippen molar-refractivity contribution in [3.05, 3.63) is 29.3 Å². The highest BCUT2D eigenvalue weighted by molar-refractivity contribution is 5.96. The van der Waals surface area contributed by atoms with Gasteiger partial charge in [0.2, 0.25) is 11.8 Å². The number of benzene rings is 1. The summed E-state index contributed by atoms with van der Waals surface area (Å²) in [6.45, 7) is 13.4. The minimum Gasteiger partial charge on any atom is -0.373 e. The molecule has 1 fully saturated rings. The maximum atomic E-state index is 12.8. The number of hydrogen-bond donors (Lipinski definition) is 2. The van der Waals surface area contributed by atoms with Gasteiger partial charge in [-0.05, 0) is 44.7 Å². The van der Waals surface area contributed by atoms with Crippen molar-refractivity contribution in [2.45, 2.75) is 59.8 Å². The van der Waals surface area contributed by atoms with Gasteiger partial charge in [0, 0.05) is 18.8 Å². The van der Waals surface area contributed by atoms with Crippen molar-refractivity contribution in [1.82, 2.24) is 10.2 Å². The Hall–Kier alpha value is -1.92. The molecule has 0 aromatic heterocycles. The van der Waals surface area contributed by atoms with Crippen LogP contribution in [0.4, 0.5) is 5.69 Å². The molecule has 150 valence electrons. The van der Waals surface area contributed by atoms with Crippen LogP contribution < -0.4 is 10.6 Å². The predicted octanol–water partition coefficient (Wildman–Crippen LogP) is 2.49. The van der Waals surface area contributed by atoms with Gasteiger partial charge >= 0.3 is 0 Å². The van der Waals surface area contributed by atoms with E-state index in [0.717, 1.165) is 29.9 Å². The molecule has 1 aromatic rings. The van der Waals surface area contributed by atoms with Crippen LogP contribution >= 0.6 is 0 Å². The molecule has 1 heterocycles. The van der Waals surface area contributed by atoms with Crippen LogP contribution in [-0.4, -0.2) is 54.6 Å². The van der Waals surface area contributed by atoms with Gasteiger partial charge in [-0.3, -0.25) is 14.5 Å².